The maximum Gasteiger partial charge on any atom is 0.264 e. The van der Waals surface area contributed by atoms with Gasteiger partial charge in [0, 0.05) is 18.1 Å². The molecular weight excluding hydrogens is 562 g/mol. The van der Waals surface area contributed by atoms with Gasteiger partial charge in [-0.3, -0.25) is 13.9 Å². The SMILES string of the molecule is CCCCNC(=O)[C@@H](C)N(Cc1cccc(OC)c1)C(=O)CN(c1ccc(C)c(Cl)c1)S(=O)(=O)c1ccc(C)cc1. The number of methoxy groups -OCH3 is 1. The number of nitrogens with one attached hydrogen (secondary N) is 1. The predicted molar refractivity (Wildman–Crippen MR) is 163 cm³/mol. The summed E-state index contributed by atoms with van der Waals surface area (Å²) >= 11 is 6.38. The average molecular weight is 600 g/mol. The summed E-state index contributed by atoms with van der Waals surface area (Å²) in [6.45, 7) is 7.36. The molecule has 0 fully saturated rings. The minimum atomic E-state index is -4.17. The molecule has 1 atom stereocenters. The number of aryl methyl sites for hydroxylation is 2. The van der Waals surface area contributed by atoms with E-state index < -0.39 is 28.5 Å². The van der Waals surface area contributed by atoms with Crippen LogP contribution in [0.25, 0.3) is 0 Å². The van der Waals surface area contributed by atoms with Crippen LogP contribution in [0.2, 0.25) is 5.02 Å². The zero-order chi connectivity index (χ0) is 30.2. The molecule has 0 aliphatic carbocycles. The average Bonchev–Trinajstić information content (AvgIpc) is 2.96. The molecule has 0 saturated heterocycles. The van der Waals surface area contributed by atoms with Crippen LogP contribution in [0.15, 0.2) is 71.6 Å². The zero-order valence-corrected chi connectivity index (χ0v) is 25.8. The number of carbonyl (C=O) groups excluding carboxylic acids is 2. The van der Waals surface area contributed by atoms with Crippen LogP contribution in [-0.2, 0) is 26.2 Å². The zero-order valence-electron chi connectivity index (χ0n) is 24.2. The number of unbranched alkanes of at least 4 members (excludes halogenated alkanes) is 1. The highest BCUT2D eigenvalue weighted by Gasteiger charge is 2.32. The summed E-state index contributed by atoms with van der Waals surface area (Å²) in [6, 6.07) is 17.6. The highest BCUT2D eigenvalue weighted by atomic mass is 35.5. The molecular formula is C31H38ClN3O5S. The molecule has 0 radical (unpaired) electrons. The molecule has 10 heteroatoms. The first-order valence-corrected chi connectivity index (χ1v) is 15.4. The van der Waals surface area contributed by atoms with Gasteiger partial charge in [-0.2, -0.15) is 0 Å². The normalized spacial score (nSPS) is 12.0. The van der Waals surface area contributed by atoms with Gasteiger partial charge in [0.05, 0.1) is 17.7 Å². The first-order valence-electron chi connectivity index (χ1n) is 13.5. The Hall–Kier alpha value is -3.56. The molecule has 0 aromatic heterocycles. The fraction of sp³-hybridized carbons (Fsp3) is 0.355. The smallest absolute Gasteiger partial charge is 0.264 e. The van der Waals surface area contributed by atoms with Gasteiger partial charge in [-0.05, 0) is 74.7 Å². The number of sulfonamides is 1. The van der Waals surface area contributed by atoms with Crippen molar-refractivity contribution in [3.05, 3.63) is 88.4 Å². The largest absolute Gasteiger partial charge is 0.497 e. The van der Waals surface area contributed by atoms with E-state index >= 15 is 0 Å². The van der Waals surface area contributed by atoms with Gasteiger partial charge in [0.2, 0.25) is 11.8 Å². The number of hydrogen-bond donors (Lipinski definition) is 1. The van der Waals surface area contributed by atoms with E-state index in [1.807, 2.05) is 26.8 Å². The summed E-state index contributed by atoms with van der Waals surface area (Å²) in [6.07, 6.45) is 1.71. The third kappa shape index (κ3) is 8.24. The van der Waals surface area contributed by atoms with E-state index in [-0.39, 0.29) is 23.0 Å². The van der Waals surface area contributed by atoms with Crippen LogP contribution >= 0.6 is 11.6 Å². The molecule has 3 aromatic rings. The molecule has 220 valence electrons. The van der Waals surface area contributed by atoms with Crippen LogP contribution in [0.4, 0.5) is 5.69 Å². The standard InChI is InChI=1S/C31H38ClN3O5S/c1-6-7-17-33-31(37)24(4)34(20-25-9-8-10-27(18-25)40-5)30(36)21-35(26-14-13-23(3)29(32)19-26)41(38,39)28-15-11-22(2)12-16-28/h8-16,18-19,24H,6-7,17,20-21H2,1-5H3,(H,33,37)/t24-/m1/s1. The summed E-state index contributed by atoms with van der Waals surface area (Å²) in [5.74, 6) is -0.257. The molecule has 3 rings (SSSR count). The topological polar surface area (TPSA) is 96.0 Å². The third-order valence-corrected chi connectivity index (χ3v) is 9.01. The fourth-order valence-electron chi connectivity index (χ4n) is 4.19. The lowest BCUT2D eigenvalue weighted by atomic mass is 10.1. The van der Waals surface area contributed by atoms with E-state index in [9.17, 15) is 18.0 Å². The van der Waals surface area contributed by atoms with Crippen LogP contribution < -0.4 is 14.4 Å². The minimum absolute atomic E-state index is 0.0392. The minimum Gasteiger partial charge on any atom is -0.497 e. The summed E-state index contributed by atoms with van der Waals surface area (Å²) in [4.78, 5) is 28.5. The van der Waals surface area contributed by atoms with Crippen molar-refractivity contribution in [2.24, 2.45) is 0 Å². The van der Waals surface area contributed by atoms with Gasteiger partial charge < -0.3 is 15.0 Å². The van der Waals surface area contributed by atoms with Crippen molar-refractivity contribution in [2.45, 2.75) is 58.0 Å². The molecule has 1 N–H and O–H groups in total. The lowest BCUT2D eigenvalue weighted by Crippen LogP contribution is -2.51. The van der Waals surface area contributed by atoms with Crippen molar-refractivity contribution in [3.63, 3.8) is 0 Å². The summed E-state index contributed by atoms with van der Waals surface area (Å²) < 4.78 is 34.2. The molecule has 0 unspecified atom stereocenters. The highest BCUT2D eigenvalue weighted by Crippen LogP contribution is 2.29. The van der Waals surface area contributed by atoms with Gasteiger partial charge >= 0.3 is 0 Å². The Bertz CT molecular complexity index is 1460. The van der Waals surface area contributed by atoms with Crippen LogP contribution in [0.1, 0.15) is 43.4 Å². The second kappa shape index (κ2) is 14.4. The Morgan fingerprint density at radius 1 is 1.02 bits per heavy atom. The monoisotopic (exact) mass is 599 g/mol. The molecule has 8 nitrogen and oxygen atoms in total. The van der Waals surface area contributed by atoms with Crippen molar-refractivity contribution in [3.8, 4) is 5.75 Å². The lowest BCUT2D eigenvalue weighted by molar-refractivity contribution is -0.139. The van der Waals surface area contributed by atoms with Crippen molar-refractivity contribution >= 4 is 39.1 Å². The van der Waals surface area contributed by atoms with E-state index in [0.29, 0.717) is 17.3 Å². The van der Waals surface area contributed by atoms with Crippen LogP contribution in [0, 0.1) is 13.8 Å². The second-order valence-corrected chi connectivity index (χ2v) is 12.2. The van der Waals surface area contributed by atoms with Crippen LogP contribution in [0.5, 0.6) is 5.75 Å². The number of nitrogens with zero attached hydrogens (tertiary/aromatic N) is 2. The number of amides is 2. The number of anilines is 1. The number of carbonyl (C=O) groups is 2. The predicted octanol–water partition coefficient (Wildman–Crippen LogP) is 5.49. The molecule has 0 aliphatic heterocycles. The molecule has 0 aliphatic rings. The number of rotatable bonds is 13. The number of halogens is 1. The van der Waals surface area contributed by atoms with E-state index in [1.165, 1.54) is 23.1 Å². The Morgan fingerprint density at radius 3 is 2.37 bits per heavy atom. The quantitative estimate of drug-likeness (QED) is 0.262. The summed E-state index contributed by atoms with van der Waals surface area (Å²) in [5, 5.41) is 3.25. The van der Waals surface area contributed by atoms with Crippen LogP contribution in [0.3, 0.4) is 0 Å². The summed E-state index contributed by atoms with van der Waals surface area (Å²) in [7, 11) is -2.62. The molecule has 0 heterocycles. The number of hydrogen-bond acceptors (Lipinski definition) is 5. The van der Waals surface area contributed by atoms with Gasteiger partial charge in [-0.15, -0.1) is 0 Å². The molecule has 0 bridgehead atoms. The Morgan fingerprint density at radius 2 is 1.73 bits per heavy atom. The second-order valence-electron chi connectivity index (χ2n) is 9.95. The van der Waals surface area contributed by atoms with E-state index in [0.717, 1.165) is 33.8 Å². The van der Waals surface area contributed by atoms with E-state index in [4.69, 9.17) is 16.3 Å². The van der Waals surface area contributed by atoms with Crippen molar-refractivity contribution in [2.75, 3.05) is 24.5 Å². The highest BCUT2D eigenvalue weighted by molar-refractivity contribution is 7.92. The number of benzene rings is 3. The summed E-state index contributed by atoms with van der Waals surface area (Å²) in [5.41, 5.74) is 2.65. The lowest BCUT2D eigenvalue weighted by Gasteiger charge is -2.32. The van der Waals surface area contributed by atoms with Gasteiger partial charge in [0.15, 0.2) is 0 Å². The Balaban J connectivity index is 2.03. The van der Waals surface area contributed by atoms with Crippen LogP contribution in [-0.4, -0.2) is 51.4 Å². The van der Waals surface area contributed by atoms with Crippen molar-refractivity contribution in [1.29, 1.82) is 0 Å². The van der Waals surface area contributed by atoms with Crippen molar-refractivity contribution < 1.29 is 22.7 Å². The Kier molecular flexibility index (Phi) is 11.2. The van der Waals surface area contributed by atoms with E-state index in [1.54, 1.807) is 56.5 Å². The number of ether oxygens (including phenoxy) is 1. The first kappa shape index (κ1) is 32.0. The maximum absolute atomic E-state index is 14.0. The first-order chi connectivity index (χ1) is 19.5. The third-order valence-electron chi connectivity index (χ3n) is 6.82. The fourth-order valence-corrected chi connectivity index (χ4v) is 5.77. The van der Waals surface area contributed by atoms with Gasteiger partial charge in [0.1, 0.15) is 18.3 Å². The molecule has 3 aromatic carbocycles. The molecule has 2 amide bonds. The van der Waals surface area contributed by atoms with Gasteiger partial charge in [0.25, 0.3) is 10.0 Å². The van der Waals surface area contributed by atoms with Gasteiger partial charge in [-0.25, -0.2) is 8.42 Å². The maximum atomic E-state index is 14.0. The Labute approximate surface area is 248 Å². The van der Waals surface area contributed by atoms with Crippen molar-refractivity contribution in [1.82, 2.24) is 10.2 Å². The van der Waals surface area contributed by atoms with E-state index in [2.05, 4.69) is 5.32 Å². The molecule has 0 spiro atoms. The van der Waals surface area contributed by atoms with Gasteiger partial charge in [-0.1, -0.05) is 60.8 Å². The molecule has 0 saturated carbocycles. The molecule has 41 heavy (non-hydrogen) atoms.